The summed E-state index contributed by atoms with van der Waals surface area (Å²) in [6, 6.07) is 4.40. The predicted octanol–water partition coefficient (Wildman–Crippen LogP) is 1.22. The van der Waals surface area contributed by atoms with E-state index in [4.69, 9.17) is 0 Å². The smallest absolute Gasteiger partial charge is 0.247 e. The lowest BCUT2D eigenvalue weighted by molar-refractivity contribution is 0.581. The summed E-state index contributed by atoms with van der Waals surface area (Å²) < 4.78 is 26.3. The number of rotatable bonds is 4. The Morgan fingerprint density at radius 3 is 2.67 bits per heavy atom. The lowest BCUT2D eigenvalue weighted by Crippen LogP contribution is -2.23. The fraction of sp³-hybridized carbons (Fsp3) is 0.182. The second-order valence-corrected chi connectivity index (χ2v) is 6.51. The molecule has 2 rings (SSSR count). The van der Waals surface area contributed by atoms with Crippen LogP contribution in [0.1, 0.15) is 10.4 Å². The third kappa shape index (κ3) is 2.87. The maximum absolute atomic E-state index is 11.9. The second-order valence-electron chi connectivity index (χ2n) is 3.74. The number of aryl methyl sites for hydroxylation is 1. The van der Waals surface area contributed by atoms with Gasteiger partial charge in [-0.25, -0.2) is 13.1 Å². The molecule has 0 aliphatic rings. The lowest BCUT2D eigenvalue weighted by Gasteiger charge is -2.05. The van der Waals surface area contributed by atoms with Crippen LogP contribution in [-0.4, -0.2) is 13.4 Å². The molecule has 0 spiro atoms. The maximum Gasteiger partial charge on any atom is 0.247 e. The Bertz CT molecular complexity index is 681. The van der Waals surface area contributed by atoms with E-state index in [0.29, 0.717) is 0 Å². The van der Waals surface area contributed by atoms with Gasteiger partial charge in [-0.05, 0) is 30.0 Å². The number of hydrogen-bond acceptors (Lipinski definition) is 4. The lowest BCUT2D eigenvalue weighted by atomic mass is 10.3. The van der Waals surface area contributed by atoms with Crippen LogP contribution < -0.4 is 10.3 Å². The summed E-state index contributed by atoms with van der Waals surface area (Å²) in [5.74, 6) is 0. The predicted molar refractivity (Wildman–Crippen MR) is 70.1 cm³/mol. The van der Waals surface area contributed by atoms with Crippen molar-refractivity contribution in [3.8, 4) is 0 Å². The van der Waals surface area contributed by atoms with Crippen molar-refractivity contribution in [1.82, 2.24) is 9.71 Å². The van der Waals surface area contributed by atoms with Crippen molar-refractivity contribution < 1.29 is 8.42 Å². The van der Waals surface area contributed by atoms with Crippen molar-refractivity contribution in [2.75, 3.05) is 0 Å². The van der Waals surface area contributed by atoms with Crippen LogP contribution in [-0.2, 0) is 16.6 Å². The van der Waals surface area contributed by atoms with Crippen molar-refractivity contribution in [3.05, 3.63) is 50.6 Å². The number of sulfonamides is 1. The largest absolute Gasteiger partial charge is 0.328 e. The molecule has 2 heterocycles. The van der Waals surface area contributed by atoms with Crippen molar-refractivity contribution in [3.63, 3.8) is 0 Å². The molecule has 0 atom stereocenters. The first-order chi connectivity index (χ1) is 8.49. The summed E-state index contributed by atoms with van der Waals surface area (Å²) in [6.07, 6.45) is 1.19. The van der Waals surface area contributed by atoms with Gasteiger partial charge in [-0.2, -0.15) is 0 Å². The summed E-state index contributed by atoms with van der Waals surface area (Å²) in [5, 5.41) is 1.92. The second kappa shape index (κ2) is 5.05. The van der Waals surface area contributed by atoms with Gasteiger partial charge in [0.1, 0.15) is 0 Å². The van der Waals surface area contributed by atoms with Gasteiger partial charge in [0.2, 0.25) is 15.6 Å². The molecular formula is C11H12N2O3S2. The number of aromatic amines is 1. The van der Waals surface area contributed by atoms with Gasteiger partial charge in [0, 0.05) is 23.7 Å². The van der Waals surface area contributed by atoms with E-state index in [1.807, 2.05) is 18.4 Å². The molecule has 2 aromatic rings. The number of aromatic nitrogens is 1. The quantitative estimate of drug-likeness (QED) is 0.886. The van der Waals surface area contributed by atoms with Gasteiger partial charge in [0.15, 0.2) is 0 Å². The summed E-state index contributed by atoms with van der Waals surface area (Å²) in [4.78, 5) is 14.2. The molecular weight excluding hydrogens is 272 g/mol. The van der Waals surface area contributed by atoms with Gasteiger partial charge >= 0.3 is 0 Å². The van der Waals surface area contributed by atoms with E-state index < -0.39 is 10.0 Å². The number of thiophene rings is 1. The van der Waals surface area contributed by atoms with Crippen LogP contribution in [0.4, 0.5) is 0 Å². The van der Waals surface area contributed by atoms with Crippen LogP contribution in [0.2, 0.25) is 0 Å². The Labute approximate surface area is 109 Å². The third-order valence-corrected chi connectivity index (χ3v) is 4.88. The van der Waals surface area contributed by atoms with Gasteiger partial charge in [0.25, 0.3) is 0 Å². The van der Waals surface area contributed by atoms with Crippen LogP contribution in [0, 0.1) is 6.92 Å². The van der Waals surface area contributed by atoms with Gasteiger partial charge in [0.05, 0.1) is 4.90 Å². The summed E-state index contributed by atoms with van der Waals surface area (Å²) in [6.45, 7) is 2.19. The Morgan fingerprint density at radius 2 is 2.11 bits per heavy atom. The SMILES string of the molecule is Cc1ccsc1CNS(=O)(=O)c1ccc(=O)[nH]c1. The Morgan fingerprint density at radius 1 is 1.33 bits per heavy atom. The summed E-state index contributed by atoms with van der Waals surface area (Å²) >= 11 is 1.50. The van der Waals surface area contributed by atoms with E-state index in [0.717, 1.165) is 10.4 Å². The first-order valence-corrected chi connectivity index (χ1v) is 7.57. The average Bonchev–Trinajstić information content (AvgIpc) is 2.73. The van der Waals surface area contributed by atoms with E-state index >= 15 is 0 Å². The Hall–Kier alpha value is -1.44. The molecule has 2 N–H and O–H groups in total. The van der Waals surface area contributed by atoms with E-state index in [1.165, 1.54) is 29.7 Å². The number of nitrogens with one attached hydrogen (secondary N) is 2. The minimum absolute atomic E-state index is 0.0521. The van der Waals surface area contributed by atoms with Gasteiger partial charge in [-0.3, -0.25) is 4.79 Å². The monoisotopic (exact) mass is 284 g/mol. The molecule has 0 saturated carbocycles. The van der Waals surface area contributed by atoms with E-state index in [2.05, 4.69) is 9.71 Å². The number of pyridine rings is 1. The Balaban J connectivity index is 2.15. The molecule has 0 aliphatic heterocycles. The third-order valence-electron chi connectivity index (χ3n) is 2.46. The van der Waals surface area contributed by atoms with Crippen LogP contribution in [0.15, 0.2) is 39.5 Å². The zero-order valence-corrected chi connectivity index (χ0v) is 11.3. The van der Waals surface area contributed by atoms with E-state index in [1.54, 1.807) is 0 Å². The van der Waals surface area contributed by atoms with Gasteiger partial charge in [-0.15, -0.1) is 11.3 Å². The molecule has 0 amide bonds. The minimum atomic E-state index is -3.58. The van der Waals surface area contributed by atoms with Crippen molar-refractivity contribution in [1.29, 1.82) is 0 Å². The highest BCUT2D eigenvalue weighted by molar-refractivity contribution is 7.89. The minimum Gasteiger partial charge on any atom is -0.328 e. The fourth-order valence-electron chi connectivity index (χ4n) is 1.39. The Kier molecular flexibility index (Phi) is 3.65. The highest BCUT2D eigenvalue weighted by atomic mass is 32.2. The summed E-state index contributed by atoms with van der Waals surface area (Å²) in [5.41, 5.74) is 0.729. The highest BCUT2D eigenvalue weighted by Crippen LogP contribution is 2.16. The first-order valence-electron chi connectivity index (χ1n) is 5.20. The topological polar surface area (TPSA) is 79.0 Å². The number of H-pyrrole nitrogens is 1. The van der Waals surface area contributed by atoms with Crippen molar-refractivity contribution >= 4 is 21.4 Å². The normalized spacial score (nSPS) is 11.6. The zero-order chi connectivity index (χ0) is 13.2. The van der Waals surface area contributed by atoms with E-state index in [9.17, 15) is 13.2 Å². The molecule has 5 nitrogen and oxygen atoms in total. The standard InChI is InChI=1S/C11H12N2O3S2/c1-8-4-5-17-10(8)7-13-18(15,16)9-2-3-11(14)12-6-9/h2-6,13H,7H2,1H3,(H,12,14). The molecule has 0 bridgehead atoms. The van der Waals surface area contributed by atoms with Crippen molar-refractivity contribution in [2.24, 2.45) is 0 Å². The molecule has 96 valence electrons. The summed E-state index contributed by atoms with van der Waals surface area (Å²) in [7, 11) is -3.58. The molecule has 0 aromatic carbocycles. The maximum atomic E-state index is 11.9. The fourth-order valence-corrected chi connectivity index (χ4v) is 3.29. The van der Waals surface area contributed by atoms with Crippen LogP contribution >= 0.6 is 11.3 Å². The van der Waals surface area contributed by atoms with Crippen molar-refractivity contribution in [2.45, 2.75) is 18.4 Å². The molecule has 0 unspecified atom stereocenters. The molecule has 2 aromatic heterocycles. The molecule has 7 heteroatoms. The van der Waals surface area contributed by atoms with Crippen LogP contribution in [0.5, 0.6) is 0 Å². The molecule has 0 saturated heterocycles. The molecule has 0 fully saturated rings. The van der Waals surface area contributed by atoms with Gasteiger partial charge < -0.3 is 4.98 Å². The van der Waals surface area contributed by atoms with Crippen LogP contribution in [0.25, 0.3) is 0 Å². The first kappa shape index (κ1) is 13.0. The molecule has 0 radical (unpaired) electrons. The van der Waals surface area contributed by atoms with Gasteiger partial charge in [-0.1, -0.05) is 0 Å². The number of hydrogen-bond donors (Lipinski definition) is 2. The average molecular weight is 284 g/mol. The molecule has 0 aliphatic carbocycles. The zero-order valence-electron chi connectivity index (χ0n) is 9.64. The highest BCUT2D eigenvalue weighted by Gasteiger charge is 2.14. The van der Waals surface area contributed by atoms with E-state index in [-0.39, 0.29) is 17.0 Å². The van der Waals surface area contributed by atoms with Crippen LogP contribution in [0.3, 0.4) is 0 Å². The molecule has 18 heavy (non-hydrogen) atoms.